The standard InChI is InChI=1S/C38H48N6O4/c1-23-9-19-31(43(23)35(45)47-37(3,4)5)33-39-21-29(41-33)27-15-11-25(12-16-27)26-13-17-28(18-14-26)30-22-40-34(42-30)32-20-10-24(2)44(32)36(46)48-38(6,7)8/h11-18,21-24,31-32H,9-10,19-20H2,1-8H3,(H,39,41)(H,40,42)/t23-,24-,31-,32-/m1/s1. The minimum Gasteiger partial charge on any atom is -0.444 e. The van der Waals surface area contributed by atoms with E-state index >= 15 is 0 Å². The van der Waals surface area contributed by atoms with Crippen molar-refractivity contribution in [2.45, 2.75) is 116 Å². The maximum Gasteiger partial charge on any atom is 0.411 e. The third kappa shape index (κ3) is 7.12. The van der Waals surface area contributed by atoms with Crippen LogP contribution in [-0.4, -0.2) is 65.2 Å². The zero-order valence-electron chi connectivity index (χ0n) is 29.3. The first kappa shape index (κ1) is 33.3. The number of nitrogens with one attached hydrogen (secondary N) is 2. The van der Waals surface area contributed by atoms with E-state index in [9.17, 15) is 9.59 Å². The topological polar surface area (TPSA) is 116 Å². The van der Waals surface area contributed by atoms with Gasteiger partial charge in [-0.05, 0) is 103 Å². The van der Waals surface area contributed by atoms with E-state index < -0.39 is 11.2 Å². The van der Waals surface area contributed by atoms with Gasteiger partial charge in [0.25, 0.3) is 0 Å². The fourth-order valence-electron chi connectivity index (χ4n) is 6.74. The van der Waals surface area contributed by atoms with E-state index in [-0.39, 0.29) is 36.4 Å². The molecule has 0 unspecified atom stereocenters. The van der Waals surface area contributed by atoms with Crippen molar-refractivity contribution in [1.29, 1.82) is 0 Å². The second-order valence-electron chi connectivity index (χ2n) is 15.2. The fraction of sp³-hybridized carbons (Fsp3) is 0.474. The molecule has 0 bridgehead atoms. The molecule has 0 saturated carbocycles. The molecule has 254 valence electrons. The molecule has 10 nitrogen and oxygen atoms in total. The minimum absolute atomic E-state index is 0.0880. The molecule has 2 amide bonds. The van der Waals surface area contributed by atoms with Crippen molar-refractivity contribution < 1.29 is 19.1 Å². The number of carbonyl (C=O) groups is 2. The molecule has 0 radical (unpaired) electrons. The largest absolute Gasteiger partial charge is 0.444 e. The van der Waals surface area contributed by atoms with Gasteiger partial charge in [0.05, 0.1) is 35.9 Å². The lowest BCUT2D eigenvalue weighted by atomic mass is 10.0. The molecule has 0 spiro atoms. The molecule has 2 N–H and O–H groups in total. The summed E-state index contributed by atoms with van der Waals surface area (Å²) in [5.74, 6) is 1.56. The number of hydrogen-bond acceptors (Lipinski definition) is 6. The zero-order chi connectivity index (χ0) is 34.4. The van der Waals surface area contributed by atoms with Gasteiger partial charge in [-0.2, -0.15) is 0 Å². The molecule has 2 fully saturated rings. The van der Waals surface area contributed by atoms with Crippen molar-refractivity contribution in [3.05, 3.63) is 72.6 Å². The van der Waals surface area contributed by atoms with Crippen LogP contribution in [0.25, 0.3) is 33.6 Å². The van der Waals surface area contributed by atoms with Crippen LogP contribution in [0.2, 0.25) is 0 Å². The highest BCUT2D eigenvalue weighted by Crippen LogP contribution is 2.38. The molecule has 48 heavy (non-hydrogen) atoms. The Morgan fingerprint density at radius 3 is 1.27 bits per heavy atom. The van der Waals surface area contributed by atoms with Crippen LogP contribution in [-0.2, 0) is 9.47 Å². The Bertz CT molecular complexity index is 1620. The van der Waals surface area contributed by atoms with Gasteiger partial charge in [0.15, 0.2) is 0 Å². The van der Waals surface area contributed by atoms with Gasteiger partial charge in [-0.3, -0.25) is 9.80 Å². The Hall–Kier alpha value is -4.60. The first-order chi connectivity index (χ1) is 22.7. The van der Waals surface area contributed by atoms with Crippen LogP contribution in [0.5, 0.6) is 0 Å². The van der Waals surface area contributed by atoms with Crippen LogP contribution in [0.3, 0.4) is 0 Å². The lowest BCUT2D eigenvalue weighted by Gasteiger charge is -2.30. The zero-order valence-corrected chi connectivity index (χ0v) is 29.3. The third-order valence-corrected chi connectivity index (χ3v) is 9.09. The summed E-state index contributed by atoms with van der Waals surface area (Å²) in [6.07, 6.45) is 6.57. The summed E-state index contributed by atoms with van der Waals surface area (Å²) >= 11 is 0. The molecule has 4 heterocycles. The Labute approximate surface area is 283 Å². The van der Waals surface area contributed by atoms with Gasteiger partial charge in [-0.15, -0.1) is 0 Å². The fourth-order valence-corrected chi connectivity index (χ4v) is 6.74. The lowest BCUT2D eigenvalue weighted by Crippen LogP contribution is -2.40. The van der Waals surface area contributed by atoms with E-state index in [4.69, 9.17) is 9.47 Å². The van der Waals surface area contributed by atoms with Crippen molar-refractivity contribution in [2.24, 2.45) is 0 Å². The summed E-state index contributed by atoms with van der Waals surface area (Å²) in [6, 6.07) is 16.7. The maximum atomic E-state index is 13.0. The van der Waals surface area contributed by atoms with Gasteiger partial charge < -0.3 is 19.4 Å². The van der Waals surface area contributed by atoms with Crippen molar-refractivity contribution >= 4 is 12.2 Å². The van der Waals surface area contributed by atoms with E-state index in [1.807, 2.05) is 63.7 Å². The molecule has 4 atom stereocenters. The number of nitrogens with zero attached hydrogens (tertiary/aromatic N) is 4. The van der Waals surface area contributed by atoms with Gasteiger partial charge in [0.2, 0.25) is 0 Å². The van der Waals surface area contributed by atoms with E-state index in [0.717, 1.165) is 71.0 Å². The highest BCUT2D eigenvalue weighted by atomic mass is 16.6. The van der Waals surface area contributed by atoms with Crippen molar-refractivity contribution in [2.75, 3.05) is 0 Å². The molecule has 10 heteroatoms. The minimum atomic E-state index is -0.552. The average Bonchev–Trinajstić information content (AvgIpc) is 3.82. The van der Waals surface area contributed by atoms with Crippen LogP contribution in [0.4, 0.5) is 9.59 Å². The van der Waals surface area contributed by atoms with Gasteiger partial charge in [-0.25, -0.2) is 19.6 Å². The Balaban J connectivity index is 1.12. The summed E-state index contributed by atoms with van der Waals surface area (Å²) < 4.78 is 11.4. The number of H-pyrrole nitrogens is 2. The molecule has 6 rings (SSSR count). The smallest absolute Gasteiger partial charge is 0.411 e. The summed E-state index contributed by atoms with van der Waals surface area (Å²) in [5, 5.41) is 0. The average molecular weight is 653 g/mol. The quantitative estimate of drug-likeness (QED) is 0.222. The predicted molar refractivity (Wildman–Crippen MR) is 186 cm³/mol. The predicted octanol–water partition coefficient (Wildman–Crippen LogP) is 9.05. The first-order valence-corrected chi connectivity index (χ1v) is 17.0. The molecule has 4 aromatic rings. The second kappa shape index (κ2) is 12.8. The molecule has 2 saturated heterocycles. The first-order valence-electron chi connectivity index (χ1n) is 17.0. The van der Waals surface area contributed by atoms with Crippen molar-refractivity contribution in [1.82, 2.24) is 29.7 Å². The van der Waals surface area contributed by atoms with E-state index in [1.165, 1.54) is 0 Å². The molecule has 2 aromatic heterocycles. The highest BCUT2D eigenvalue weighted by Gasteiger charge is 2.40. The van der Waals surface area contributed by atoms with Crippen LogP contribution < -0.4 is 0 Å². The maximum absolute atomic E-state index is 13.0. The Morgan fingerprint density at radius 2 is 0.938 bits per heavy atom. The van der Waals surface area contributed by atoms with Gasteiger partial charge in [0, 0.05) is 12.1 Å². The van der Waals surface area contributed by atoms with Crippen molar-refractivity contribution in [3.63, 3.8) is 0 Å². The number of ether oxygens (including phenoxy) is 2. The second-order valence-corrected chi connectivity index (χ2v) is 15.2. The SMILES string of the molecule is C[C@@H]1CC[C@H](c2ncc(-c3ccc(-c4ccc(-c5cnc([C@H]6CC[C@@H](C)N6C(=O)OC(C)(C)C)[nH]5)cc4)cc3)[nH]2)N1C(=O)OC(C)(C)C. The molecular formula is C38H48N6O4. The van der Waals surface area contributed by atoms with Gasteiger partial charge >= 0.3 is 12.2 Å². The van der Waals surface area contributed by atoms with Gasteiger partial charge in [0.1, 0.15) is 22.9 Å². The lowest BCUT2D eigenvalue weighted by molar-refractivity contribution is 0.0141. The molecule has 2 aromatic carbocycles. The van der Waals surface area contributed by atoms with E-state index in [1.54, 1.807) is 0 Å². The number of aromatic amines is 2. The van der Waals surface area contributed by atoms with E-state index in [0.29, 0.717) is 0 Å². The number of imidazole rings is 2. The summed E-state index contributed by atoms with van der Waals surface area (Å²) in [6.45, 7) is 15.4. The number of benzene rings is 2. The summed E-state index contributed by atoms with van der Waals surface area (Å²) in [4.78, 5) is 45.9. The summed E-state index contributed by atoms with van der Waals surface area (Å²) in [7, 11) is 0. The number of aromatic nitrogens is 4. The monoisotopic (exact) mass is 652 g/mol. The van der Waals surface area contributed by atoms with Gasteiger partial charge in [-0.1, -0.05) is 48.5 Å². The molecule has 2 aliphatic heterocycles. The molecule has 0 aliphatic carbocycles. The van der Waals surface area contributed by atoms with E-state index in [2.05, 4.69) is 82.3 Å². The number of carbonyl (C=O) groups excluding carboxylic acids is 2. The number of rotatable bonds is 5. The number of hydrogen-bond donors (Lipinski definition) is 2. The molecular weight excluding hydrogens is 604 g/mol. The highest BCUT2D eigenvalue weighted by molar-refractivity contribution is 5.72. The number of likely N-dealkylation sites (tertiary alicyclic amines) is 2. The summed E-state index contributed by atoms with van der Waals surface area (Å²) in [5.41, 5.74) is 4.97. The molecule has 2 aliphatic rings. The Kier molecular flexibility index (Phi) is 8.87. The van der Waals surface area contributed by atoms with Crippen LogP contribution in [0, 0.1) is 0 Å². The van der Waals surface area contributed by atoms with Crippen LogP contribution in [0.1, 0.15) is 105 Å². The Morgan fingerprint density at radius 1 is 0.604 bits per heavy atom. The van der Waals surface area contributed by atoms with Crippen molar-refractivity contribution in [3.8, 4) is 33.6 Å². The number of amides is 2. The van der Waals surface area contributed by atoms with Crippen LogP contribution in [0.15, 0.2) is 60.9 Å². The van der Waals surface area contributed by atoms with Crippen LogP contribution >= 0.6 is 0 Å². The third-order valence-electron chi connectivity index (χ3n) is 9.09. The normalized spacial score (nSPS) is 21.5.